The van der Waals surface area contributed by atoms with Crippen molar-refractivity contribution in [3.05, 3.63) is 47.8 Å². The number of nitrogens with zero attached hydrogens (tertiary/aromatic N) is 2. The number of anilines is 3. The van der Waals surface area contributed by atoms with Gasteiger partial charge in [0, 0.05) is 12.7 Å². The van der Waals surface area contributed by atoms with Crippen LogP contribution in [0.3, 0.4) is 0 Å². The van der Waals surface area contributed by atoms with Crippen LogP contribution in [0.15, 0.2) is 36.4 Å². The predicted molar refractivity (Wildman–Crippen MR) is 84.5 cm³/mol. The van der Waals surface area contributed by atoms with Crippen molar-refractivity contribution in [3.8, 4) is 0 Å². The normalized spacial score (nSPS) is 10.9. The van der Waals surface area contributed by atoms with Crippen LogP contribution in [0.2, 0.25) is 0 Å². The molecule has 3 N–H and O–H groups in total. The van der Waals surface area contributed by atoms with E-state index in [1.807, 2.05) is 32.2 Å². The molecule has 0 fully saturated rings. The number of hydrogen-bond acceptors (Lipinski definition) is 3. The topological polar surface area (TPSA) is 57.9 Å². The number of hydrogen-bond donors (Lipinski definition) is 2. The second kappa shape index (κ2) is 4.56. The highest BCUT2D eigenvalue weighted by Crippen LogP contribution is 2.33. The number of fused-ring (bicyclic) bond motifs is 1. The molecule has 0 aliphatic heterocycles. The number of rotatable bonds is 2. The van der Waals surface area contributed by atoms with Gasteiger partial charge >= 0.3 is 0 Å². The molecule has 2 aromatic carbocycles. The summed E-state index contributed by atoms with van der Waals surface area (Å²) in [6.07, 6.45) is 0. The largest absolute Gasteiger partial charge is 0.397 e. The van der Waals surface area contributed by atoms with Crippen LogP contribution in [0, 0.1) is 13.8 Å². The highest BCUT2D eigenvalue weighted by molar-refractivity contribution is 5.84. The van der Waals surface area contributed by atoms with Gasteiger partial charge in [-0.2, -0.15) is 0 Å². The van der Waals surface area contributed by atoms with Crippen LogP contribution in [0.1, 0.15) is 11.4 Å². The van der Waals surface area contributed by atoms with Gasteiger partial charge in [-0.1, -0.05) is 12.1 Å². The minimum atomic E-state index is 0.786. The first-order valence-corrected chi connectivity index (χ1v) is 6.61. The maximum atomic E-state index is 6.11. The molecule has 102 valence electrons. The number of H-pyrrole nitrogens is 1. The smallest absolute Gasteiger partial charge is 0.104 e. The molecule has 20 heavy (non-hydrogen) atoms. The van der Waals surface area contributed by atoms with Gasteiger partial charge in [-0.25, -0.2) is 4.98 Å². The second-order valence-electron chi connectivity index (χ2n) is 5.10. The van der Waals surface area contributed by atoms with E-state index in [2.05, 4.69) is 40.0 Å². The van der Waals surface area contributed by atoms with Crippen LogP contribution in [-0.4, -0.2) is 17.0 Å². The highest BCUT2D eigenvalue weighted by atomic mass is 15.1. The zero-order valence-corrected chi connectivity index (χ0v) is 11.9. The third-order valence-corrected chi connectivity index (χ3v) is 3.58. The number of aromatic amines is 1. The number of nitrogens with one attached hydrogen (secondary N) is 1. The van der Waals surface area contributed by atoms with E-state index in [1.165, 1.54) is 0 Å². The van der Waals surface area contributed by atoms with E-state index in [-0.39, 0.29) is 0 Å². The van der Waals surface area contributed by atoms with Crippen LogP contribution in [0.5, 0.6) is 0 Å². The summed E-state index contributed by atoms with van der Waals surface area (Å²) in [6, 6.07) is 12.2. The first-order valence-electron chi connectivity index (χ1n) is 6.61. The fourth-order valence-corrected chi connectivity index (χ4v) is 2.60. The van der Waals surface area contributed by atoms with Gasteiger partial charge < -0.3 is 15.6 Å². The zero-order chi connectivity index (χ0) is 14.3. The standard InChI is InChI=1S/C16H18N4/c1-10-5-4-6-13(17)16(10)20(3)12-7-8-14-15(9-12)19-11(2)18-14/h4-9H,17H2,1-3H3,(H,18,19). The van der Waals surface area contributed by atoms with Crippen LogP contribution in [-0.2, 0) is 0 Å². The second-order valence-corrected chi connectivity index (χ2v) is 5.10. The summed E-state index contributed by atoms with van der Waals surface area (Å²) >= 11 is 0. The maximum Gasteiger partial charge on any atom is 0.104 e. The molecule has 0 saturated heterocycles. The molecule has 0 bridgehead atoms. The first-order chi connectivity index (χ1) is 9.56. The number of aromatic nitrogens is 2. The summed E-state index contributed by atoms with van der Waals surface area (Å²) in [5, 5.41) is 0. The molecule has 0 unspecified atom stereocenters. The summed E-state index contributed by atoms with van der Waals surface area (Å²) in [7, 11) is 2.03. The van der Waals surface area contributed by atoms with Crippen LogP contribution >= 0.6 is 0 Å². The van der Waals surface area contributed by atoms with Gasteiger partial charge in [-0.3, -0.25) is 0 Å². The molecule has 0 aliphatic carbocycles. The first kappa shape index (κ1) is 12.5. The van der Waals surface area contributed by atoms with Crippen LogP contribution in [0.4, 0.5) is 17.1 Å². The Labute approximate surface area is 118 Å². The summed E-state index contributed by atoms with van der Waals surface area (Å²) < 4.78 is 0. The van der Waals surface area contributed by atoms with Crippen molar-refractivity contribution < 1.29 is 0 Å². The molecule has 0 saturated carbocycles. The Balaban J connectivity index is 2.09. The zero-order valence-electron chi connectivity index (χ0n) is 11.9. The number of aryl methyl sites for hydroxylation is 2. The van der Waals surface area contributed by atoms with E-state index in [4.69, 9.17) is 5.73 Å². The number of nitrogen functional groups attached to an aromatic ring is 1. The minimum absolute atomic E-state index is 0.786. The molecule has 0 amide bonds. The number of nitrogens with two attached hydrogens (primary N) is 1. The van der Waals surface area contributed by atoms with Crippen molar-refractivity contribution >= 4 is 28.1 Å². The Kier molecular flexibility index (Phi) is 2.86. The lowest BCUT2D eigenvalue weighted by molar-refractivity contribution is 1.17. The molecule has 1 heterocycles. The van der Waals surface area contributed by atoms with Gasteiger partial charge in [-0.15, -0.1) is 0 Å². The maximum absolute atomic E-state index is 6.11. The Morgan fingerprint density at radius 2 is 1.95 bits per heavy atom. The summed E-state index contributed by atoms with van der Waals surface area (Å²) in [5.74, 6) is 0.926. The van der Waals surface area contributed by atoms with Gasteiger partial charge in [0.15, 0.2) is 0 Å². The van der Waals surface area contributed by atoms with Gasteiger partial charge in [-0.05, 0) is 43.7 Å². The van der Waals surface area contributed by atoms with E-state index in [1.54, 1.807) is 0 Å². The Morgan fingerprint density at radius 1 is 1.15 bits per heavy atom. The fourth-order valence-electron chi connectivity index (χ4n) is 2.60. The Hall–Kier alpha value is -2.49. The molecular formula is C16H18N4. The molecule has 0 radical (unpaired) electrons. The average Bonchev–Trinajstić information content (AvgIpc) is 2.77. The van der Waals surface area contributed by atoms with E-state index in [9.17, 15) is 0 Å². The van der Waals surface area contributed by atoms with Crippen molar-refractivity contribution in [2.45, 2.75) is 13.8 Å². The number of imidazole rings is 1. The lowest BCUT2D eigenvalue weighted by Gasteiger charge is -2.23. The third-order valence-electron chi connectivity index (χ3n) is 3.58. The fraction of sp³-hybridized carbons (Fsp3) is 0.188. The molecular weight excluding hydrogens is 248 g/mol. The summed E-state index contributed by atoms with van der Waals surface area (Å²) in [5.41, 5.74) is 12.2. The van der Waals surface area contributed by atoms with E-state index in [0.29, 0.717) is 0 Å². The molecule has 1 aromatic heterocycles. The van der Waals surface area contributed by atoms with Crippen molar-refractivity contribution in [1.82, 2.24) is 9.97 Å². The van der Waals surface area contributed by atoms with Gasteiger partial charge in [0.2, 0.25) is 0 Å². The van der Waals surface area contributed by atoms with Crippen molar-refractivity contribution in [2.24, 2.45) is 0 Å². The minimum Gasteiger partial charge on any atom is -0.397 e. The summed E-state index contributed by atoms with van der Waals surface area (Å²) in [6.45, 7) is 4.03. The Bertz CT molecular complexity index is 753. The molecule has 4 nitrogen and oxygen atoms in total. The summed E-state index contributed by atoms with van der Waals surface area (Å²) in [4.78, 5) is 9.80. The van der Waals surface area contributed by atoms with E-state index >= 15 is 0 Å². The third kappa shape index (κ3) is 1.99. The lowest BCUT2D eigenvalue weighted by atomic mass is 10.1. The molecule has 0 aliphatic rings. The van der Waals surface area contributed by atoms with Gasteiger partial charge in [0.25, 0.3) is 0 Å². The van der Waals surface area contributed by atoms with Crippen LogP contribution in [0.25, 0.3) is 11.0 Å². The molecule has 3 aromatic rings. The van der Waals surface area contributed by atoms with Crippen molar-refractivity contribution in [3.63, 3.8) is 0 Å². The number of benzene rings is 2. The lowest BCUT2D eigenvalue weighted by Crippen LogP contribution is -2.13. The predicted octanol–water partition coefficient (Wildman–Crippen LogP) is 3.53. The van der Waals surface area contributed by atoms with E-state index in [0.717, 1.165) is 39.5 Å². The molecule has 0 atom stereocenters. The van der Waals surface area contributed by atoms with Crippen molar-refractivity contribution in [1.29, 1.82) is 0 Å². The number of para-hydroxylation sites is 1. The molecule has 0 spiro atoms. The van der Waals surface area contributed by atoms with Crippen molar-refractivity contribution in [2.75, 3.05) is 17.7 Å². The van der Waals surface area contributed by atoms with Crippen LogP contribution < -0.4 is 10.6 Å². The SMILES string of the molecule is Cc1nc2ccc(N(C)c3c(C)cccc3N)cc2[nH]1. The average molecular weight is 266 g/mol. The quantitative estimate of drug-likeness (QED) is 0.698. The highest BCUT2D eigenvalue weighted by Gasteiger charge is 2.11. The van der Waals surface area contributed by atoms with E-state index < -0.39 is 0 Å². The molecule has 4 heteroatoms. The van der Waals surface area contributed by atoms with Gasteiger partial charge in [0.1, 0.15) is 5.82 Å². The van der Waals surface area contributed by atoms with Gasteiger partial charge in [0.05, 0.1) is 22.4 Å². The molecule has 3 rings (SSSR count). The monoisotopic (exact) mass is 266 g/mol. The Morgan fingerprint density at radius 3 is 2.70 bits per heavy atom.